The highest BCUT2D eigenvalue weighted by Gasteiger charge is 2.32. The van der Waals surface area contributed by atoms with E-state index in [1.807, 2.05) is 0 Å². The molecule has 144 valence electrons. The van der Waals surface area contributed by atoms with E-state index in [-0.39, 0.29) is 46.8 Å². The average molecular weight is 382 g/mol. The Bertz CT molecular complexity index is 887. The van der Waals surface area contributed by atoms with E-state index in [1.54, 1.807) is 0 Å². The molecule has 0 radical (unpaired) electrons. The highest BCUT2D eigenvalue weighted by molar-refractivity contribution is 6.04. The maximum Gasteiger partial charge on any atom is 0.333 e. The van der Waals surface area contributed by atoms with Crippen LogP contribution in [0.1, 0.15) is 28.9 Å². The SMILES string of the molecule is N[C@H]1COCCC1Nc1nc(-c2cnn(C(F)F)c2)c2c(c1F)CNC2=O. The second-order valence-corrected chi connectivity index (χ2v) is 6.42. The van der Waals surface area contributed by atoms with Crippen molar-refractivity contribution in [1.82, 2.24) is 20.1 Å². The number of ether oxygens (including phenoxy) is 1. The first-order valence-corrected chi connectivity index (χ1v) is 8.38. The third-order valence-corrected chi connectivity index (χ3v) is 4.69. The summed E-state index contributed by atoms with van der Waals surface area (Å²) in [6.07, 6.45) is 2.80. The molecule has 2 aromatic rings. The minimum atomic E-state index is -2.83. The van der Waals surface area contributed by atoms with Crippen LogP contribution < -0.4 is 16.4 Å². The van der Waals surface area contributed by atoms with Crippen LogP contribution in [-0.2, 0) is 11.3 Å². The van der Waals surface area contributed by atoms with Gasteiger partial charge in [0.1, 0.15) is 0 Å². The van der Waals surface area contributed by atoms with Gasteiger partial charge in [0.15, 0.2) is 11.6 Å². The zero-order valence-corrected chi connectivity index (χ0v) is 14.1. The zero-order chi connectivity index (χ0) is 19.1. The molecule has 0 spiro atoms. The summed E-state index contributed by atoms with van der Waals surface area (Å²) in [4.78, 5) is 16.4. The predicted molar refractivity (Wildman–Crippen MR) is 88.7 cm³/mol. The van der Waals surface area contributed by atoms with Gasteiger partial charge in [0.05, 0.1) is 24.1 Å². The third-order valence-electron chi connectivity index (χ3n) is 4.69. The second kappa shape index (κ2) is 6.82. The van der Waals surface area contributed by atoms with Crippen LogP contribution in [0.4, 0.5) is 19.0 Å². The molecule has 0 aromatic carbocycles. The van der Waals surface area contributed by atoms with Crippen molar-refractivity contribution in [3.8, 4) is 11.3 Å². The van der Waals surface area contributed by atoms with Crippen LogP contribution in [0.15, 0.2) is 12.4 Å². The molecule has 0 bridgehead atoms. The summed E-state index contributed by atoms with van der Waals surface area (Å²) in [7, 11) is 0. The maximum atomic E-state index is 14.9. The lowest BCUT2D eigenvalue weighted by atomic mass is 10.0. The van der Waals surface area contributed by atoms with Gasteiger partial charge in [-0.3, -0.25) is 4.79 Å². The lowest BCUT2D eigenvalue weighted by Gasteiger charge is -2.30. The molecule has 1 fully saturated rings. The number of anilines is 1. The van der Waals surface area contributed by atoms with E-state index in [2.05, 4.69) is 20.7 Å². The van der Waals surface area contributed by atoms with Crippen molar-refractivity contribution in [3.05, 3.63) is 29.3 Å². The number of hydrogen-bond donors (Lipinski definition) is 3. The van der Waals surface area contributed by atoms with Crippen LogP contribution in [-0.4, -0.2) is 46.0 Å². The van der Waals surface area contributed by atoms with E-state index < -0.39 is 18.3 Å². The van der Waals surface area contributed by atoms with Gasteiger partial charge in [0.25, 0.3) is 5.91 Å². The molecule has 2 aliphatic heterocycles. The normalized spacial score (nSPS) is 22.0. The number of carbonyl (C=O) groups excluding carboxylic acids is 1. The largest absolute Gasteiger partial charge is 0.380 e. The number of aromatic nitrogens is 3. The molecule has 2 aromatic heterocycles. The molecule has 1 unspecified atom stereocenters. The minimum Gasteiger partial charge on any atom is -0.380 e. The van der Waals surface area contributed by atoms with Gasteiger partial charge < -0.3 is 21.1 Å². The number of nitrogens with two attached hydrogens (primary N) is 1. The first-order chi connectivity index (χ1) is 13.0. The smallest absolute Gasteiger partial charge is 0.333 e. The van der Waals surface area contributed by atoms with Crippen molar-refractivity contribution in [2.24, 2.45) is 5.73 Å². The number of halogens is 3. The number of alkyl halides is 2. The summed E-state index contributed by atoms with van der Waals surface area (Å²) in [6.45, 7) is -2.03. The van der Waals surface area contributed by atoms with Crippen LogP contribution >= 0.6 is 0 Å². The highest BCUT2D eigenvalue weighted by Crippen LogP contribution is 2.33. The summed E-state index contributed by atoms with van der Waals surface area (Å²) < 4.78 is 46.3. The van der Waals surface area contributed by atoms with E-state index in [9.17, 15) is 18.0 Å². The van der Waals surface area contributed by atoms with Gasteiger partial charge in [-0.05, 0) is 6.42 Å². The molecule has 27 heavy (non-hydrogen) atoms. The van der Waals surface area contributed by atoms with Crippen molar-refractivity contribution in [1.29, 1.82) is 0 Å². The van der Waals surface area contributed by atoms with Gasteiger partial charge in [-0.25, -0.2) is 14.1 Å². The summed E-state index contributed by atoms with van der Waals surface area (Å²) in [5.41, 5.74) is 6.46. The van der Waals surface area contributed by atoms with E-state index in [0.717, 1.165) is 6.20 Å². The fraction of sp³-hybridized carbons (Fsp3) is 0.438. The Morgan fingerprint density at radius 3 is 2.96 bits per heavy atom. The van der Waals surface area contributed by atoms with Crippen molar-refractivity contribution >= 4 is 11.7 Å². The number of pyridine rings is 1. The molecular formula is C16H17F3N6O2. The second-order valence-electron chi connectivity index (χ2n) is 6.42. The number of carbonyl (C=O) groups is 1. The van der Waals surface area contributed by atoms with E-state index >= 15 is 0 Å². The van der Waals surface area contributed by atoms with Crippen molar-refractivity contribution < 1.29 is 22.7 Å². The van der Waals surface area contributed by atoms with E-state index in [1.165, 1.54) is 6.20 Å². The van der Waals surface area contributed by atoms with E-state index in [4.69, 9.17) is 10.5 Å². The first-order valence-electron chi connectivity index (χ1n) is 8.38. The van der Waals surface area contributed by atoms with Gasteiger partial charge in [0.2, 0.25) is 0 Å². The molecule has 11 heteroatoms. The first kappa shape index (κ1) is 17.7. The summed E-state index contributed by atoms with van der Waals surface area (Å²) >= 11 is 0. The Morgan fingerprint density at radius 2 is 2.26 bits per heavy atom. The summed E-state index contributed by atoms with van der Waals surface area (Å²) in [6, 6.07) is -0.613. The number of rotatable bonds is 4. The predicted octanol–water partition coefficient (Wildman–Crippen LogP) is 1.25. The number of hydrogen-bond acceptors (Lipinski definition) is 6. The number of nitrogens with one attached hydrogen (secondary N) is 2. The Hall–Kier alpha value is -2.66. The minimum absolute atomic E-state index is 0.00693. The Morgan fingerprint density at radius 1 is 1.44 bits per heavy atom. The molecule has 2 atom stereocenters. The lowest BCUT2D eigenvalue weighted by molar-refractivity contribution is 0.0566. The number of nitrogens with zero attached hydrogens (tertiary/aromatic N) is 3. The zero-order valence-electron chi connectivity index (χ0n) is 14.1. The molecule has 4 heterocycles. The van der Waals surface area contributed by atoms with Crippen LogP contribution in [0.5, 0.6) is 0 Å². The Balaban J connectivity index is 1.78. The number of amides is 1. The third kappa shape index (κ3) is 3.12. The molecular weight excluding hydrogens is 365 g/mol. The summed E-state index contributed by atoms with van der Waals surface area (Å²) in [5.74, 6) is -1.25. The molecule has 4 rings (SSSR count). The van der Waals surface area contributed by atoms with Gasteiger partial charge >= 0.3 is 6.55 Å². The van der Waals surface area contributed by atoms with Gasteiger partial charge in [-0.15, -0.1) is 0 Å². The standard InChI is InChI=1S/C16H17F3N6O2/c17-12-8-4-21-15(26)11(8)13(7-3-22-25(5-7)16(18)19)24-14(12)23-10-1-2-27-6-9(10)20/h3,5,9-10,16H,1-2,4,6,20H2,(H,21,26)(H,23,24)/t9-,10?/m0/s1. The maximum absolute atomic E-state index is 14.9. The Kier molecular flexibility index (Phi) is 4.48. The van der Waals surface area contributed by atoms with Crippen LogP contribution in [0.25, 0.3) is 11.3 Å². The van der Waals surface area contributed by atoms with Gasteiger partial charge in [-0.2, -0.15) is 13.9 Å². The lowest BCUT2D eigenvalue weighted by Crippen LogP contribution is -2.48. The van der Waals surface area contributed by atoms with Crippen LogP contribution in [0.2, 0.25) is 0 Å². The molecule has 2 aliphatic rings. The number of fused-ring (bicyclic) bond motifs is 1. The molecule has 1 saturated heterocycles. The van der Waals surface area contributed by atoms with Crippen molar-refractivity contribution in [3.63, 3.8) is 0 Å². The average Bonchev–Trinajstić information content (AvgIpc) is 3.27. The quantitative estimate of drug-likeness (QED) is 0.735. The molecule has 0 saturated carbocycles. The van der Waals surface area contributed by atoms with Crippen molar-refractivity contribution in [2.75, 3.05) is 18.5 Å². The van der Waals surface area contributed by atoms with Crippen molar-refractivity contribution in [2.45, 2.75) is 31.6 Å². The van der Waals surface area contributed by atoms with Gasteiger partial charge in [-0.1, -0.05) is 0 Å². The highest BCUT2D eigenvalue weighted by atomic mass is 19.3. The fourth-order valence-corrected chi connectivity index (χ4v) is 3.27. The molecule has 0 aliphatic carbocycles. The molecule has 4 N–H and O–H groups in total. The Labute approximate surface area is 151 Å². The fourth-order valence-electron chi connectivity index (χ4n) is 3.27. The van der Waals surface area contributed by atoms with E-state index in [0.29, 0.717) is 24.3 Å². The molecule has 1 amide bonds. The monoisotopic (exact) mass is 382 g/mol. The summed E-state index contributed by atoms with van der Waals surface area (Å²) in [5, 5.41) is 9.08. The van der Waals surface area contributed by atoms with Crippen LogP contribution in [0.3, 0.4) is 0 Å². The molecule has 8 nitrogen and oxygen atoms in total. The van der Waals surface area contributed by atoms with Gasteiger partial charge in [0, 0.05) is 42.6 Å². The topological polar surface area (TPSA) is 107 Å². The van der Waals surface area contributed by atoms with Crippen LogP contribution in [0, 0.1) is 5.82 Å².